The summed E-state index contributed by atoms with van der Waals surface area (Å²) in [4.78, 5) is 0. The summed E-state index contributed by atoms with van der Waals surface area (Å²) < 4.78 is 13.5. The molecule has 0 unspecified atom stereocenters. The molecule has 7 rings (SSSR count). The molecule has 0 fully saturated rings. The first-order valence-electron chi connectivity index (χ1n) is 28.2. The van der Waals surface area contributed by atoms with E-state index >= 15 is 0 Å². The van der Waals surface area contributed by atoms with Gasteiger partial charge in [-0.25, -0.2) is 0 Å². The molecule has 6 nitrogen and oxygen atoms in total. The van der Waals surface area contributed by atoms with E-state index in [-0.39, 0.29) is 81.5 Å². The lowest BCUT2D eigenvalue weighted by Crippen LogP contribution is -2.16. The van der Waals surface area contributed by atoms with Crippen molar-refractivity contribution in [3.05, 3.63) is 198 Å². The Morgan fingerprint density at radius 2 is 0.436 bits per heavy atom. The predicted molar refractivity (Wildman–Crippen MR) is 326 cm³/mol. The Kier molecular flexibility index (Phi) is 16.5. The summed E-state index contributed by atoms with van der Waals surface area (Å²) in [7, 11) is 0. The molecule has 0 saturated heterocycles. The molecule has 4 N–H and O–H groups in total. The summed E-state index contributed by atoms with van der Waals surface area (Å²) in [5.74, 6) is 2.11. The SMILES string of the molecule is C=CCOc1c2cc(C(C)(C)C)cc1Cc1cc(C(C)(C)C)cc(c1O)Cc1cc(C(C)(C)C)cc(c1O)Cc1cc(C(C)(C)C)cc(c1OCC=C)Cc1cc(C(C)(C)C)cc(c1O)Cc1cc(C(C)(C)C)cc(c1O)C2. The topological polar surface area (TPSA) is 99.4 Å². The lowest BCUT2D eigenvalue weighted by molar-refractivity contribution is 0.355. The Bertz CT molecular complexity index is 2840. The standard InChI is InChI=1S/C72H92O6/c1-21-23-77-65-51-27-47-35-55(67(3,4)5)31-43(61(47)73)25-45-33-57(69(9,10)11)37-49(63(45)75)29-53-41-60(72(18,19)20)42-54(66(53)78-24-22-2)30-50-38-58(70(12,13)14)34-46(64(50)76)26-44-32-56(68(6,7)8)36-48(62(44)74)28-52(65)40-59(39-51)71(15,16)17/h21-22,31-42,73-76H,1-2,23-30H2,3-20H3. The van der Waals surface area contributed by atoms with Crippen molar-refractivity contribution >= 4 is 0 Å². The summed E-state index contributed by atoms with van der Waals surface area (Å²) in [6.45, 7) is 48.2. The van der Waals surface area contributed by atoms with Crippen molar-refractivity contribution in [3.63, 3.8) is 0 Å². The Morgan fingerprint density at radius 1 is 0.295 bits per heavy atom. The van der Waals surface area contributed by atoms with Crippen molar-refractivity contribution in [2.45, 2.75) is 196 Å². The highest BCUT2D eigenvalue weighted by Crippen LogP contribution is 2.45. The van der Waals surface area contributed by atoms with E-state index in [4.69, 9.17) is 9.47 Å². The molecule has 416 valence electrons. The molecule has 6 aromatic rings. The molecule has 0 aliphatic heterocycles. The van der Waals surface area contributed by atoms with E-state index in [0.29, 0.717) is 37.2 Å². The lowest BCUT2D eigenvalue weighted by Gasteiger charge is -2.27. The first kappa shape index (κ1) is 59.3. The van der Waals surface area contributed by atoms with E-state index in [1.807, 2.05) is 0 Å². The molecule has 6 aromatic carbocycles. The molecule has 0 saturated carbocycles. The zero-order valence-electron chi connectivity index (χ0n) is 50.8. The van der Waals surface area contributed by atoms with Crippen molar-refractivity contribution in [2.75, 3.05) is 13.2 Å². The van der Waals surface area contributed by atoms with Crippen LogP contribution in [-0.2, 0) is 71.0 Å². The van der Waals surface area contributed by atoms with Crippen LogP contribution in [0.1, 0.15) is 225 Å². The molecular weight excluding hydrogens is 961 g/mol. The Hall–Kier alpha value is -6.40. The fraction of sp³-hybridized carbons (Fsp3) is 0.444. The maximum atomic E-state index is 12.8. The molecule has 0 atom stereocenters. The van der Waals surface area contributed by atoms with Gasteiger partial charge in [-0.15, -0.1) is 0 Å². The third kappa shape index (κ3) is 13.2. The van der Waals surface area contributed by atoms with Gasteiger partial charge in [0, 0.05) is 38.5 Å². The van der Waals surface area contributed by atoms with Crippen LogP contribution in [-0.4, -0.2) is 33.6 Å². The van der Waals surface area contributed by atoms with Crippen molar-refractivity contribution < 1.29 is 29.9 Å². The smallest absolute Gasteiger partial charge is 0.126 e. The predicted octanol–water partition coefficient (Wildman–Crippen LogP) is 17.3. The van der Waals surface area contributed by atoms with E-state index in [2.05, 4.69) is 211 Å². The number of aromatic hydroxyl groups is 4. The summed E-state index contributed by atoms with van der Waals surface area (Å²) in [6, 6.07) is 25.8. The van der Waals surface area contributed by atoms with Gasteiger partial charge < -0.3 is 29.9 Å². The number of phenols is 4. The van der Waals surface area contributed by atoms with Crippen LogP contribution in [0.5, 0.6) is 34.5 Å². The van der Waals surface area contributed by atoms with Crippen LogP contribution in [0.15, 0.2) is 98.1 Å². The maximum absolute atomic E-state index is 12.8. The fourth-order valence-electron chi connectivity index (χ4n) is 10.6. The Morgan fingerprint density at radius 3 is 0.577 bits per heavy atom. The van der Waals surface area contributed by atoms with E-state index in [9.17, 15) is 20.4 Å². The average molecular weight is 1050 g/mol. The van der Waals surface area contributed by atoms with Gasteiger partial charge in [0.25, 0.3) is 0 Å². The van der Waals surface area contributed by atoms with Crippen molar-refractivity contribution in [2.24, 2.45) is 0 Å². The maximum Gasteiger partial charge on any atom is 0.126 e. The summed E-state index contributed by atoms with van der Waals surface area (Å²) in [5.41, 5.74) is 14.4. The molecule has 0 heterocycles. The highest BCUT2D eigenvalue weighted by atomic mass is 16.5. The van der Waals surface area contributed by atoms with Crippen LogP contribution >= 0.6 is 0 Å². The largest absolute Gasteiger partial charge is 0.507 e. The van der Waals surface area contributed by atoms with Gasteiger partial charge in [-0.3, -0.25) is 0 Å². The number of rotatable bonds is 6. The molecule has 0 spiro atoms. The van der Waals surface area contributed by atoms with Crippen LogP contribution in [0, 0.1) is 0 Å². The zero-order valence-corrected chi connectivity index (χ0v) is 50.8. The van der Waals surface area contributed by atoms with Crippen LogP contribution < -0.4 is 9.47 Å². The van der Waals surface area contributed by atoms with Crippen LogP contribution in [0.3, 0.4) is 0 Å². The first-order valence-corrected chi connectivity index (χ1v) is 28.2. The lowest BCUT2D eigenvalue weighted by atomic mass is 9.79. The Labute approximate surface area is 469 Å². The fourth-order valence-corrected chi connectivity index (χ4v) is 10.6. The van der Waals surface area contributed by atoms with Crippen molar-refractivity contribution in [1.29, 1.82) is 0 Å². The van der Waals surface area contributed by atoms with Gasteiger partial charge in [-0.2, -0.15) is 0 Å². The number of fused-ring (bicyclic) bond motifs is 12. The molecule has 1 aliphatic rings. The second-order valence-electron chi connectivity index (χ2n) is 28.6. The van der Waals surface area contributed by atoms with Crippen molar-refractivity contribution in [1.82, 2.24) is 0 Å². The third-order valence-electron chi connectivity index (χ3n) is 15.7. The summed E-state index contributed by atoms with van der Waals surface area (Å²) in [6.07, 6.45) is 5.50. The quantitative estimate of drug-likeness (QED) is 0.124. The van der Waals surface area contributed by atoms with Gasteiger partial charge in [0.2, 0.25) is 0 Å². The number of phenolic OH excluding ortho intramolecular Hbond substituents is 4. The van der Waals surface area contributed by atoms with E-state index in [1.165, 1.54) is 0 Å². The van der Waals surface area contributed by atoms with Gasteiger partial charge in [-0.1, -0.05) is 223 Å². The molecule has 0 aromatic heterocycles. The van der Waals surface area contributed by atoms with Gasteiger partial charge in [0.05, 0.1) is 0 Å². The molecule has 78 heavy (non-hydrogen) atoms. The highest BCUT2D eigenvalue weighted by molar-refractivity contribution is 5.61. The number of ether oxygens (including phenoxy) is 2. The van der Waals surface area contributed by atoms with Gasteiger partial charge in [0.1, 0.15) is 47.7 Å². The van der Waals surface area contributed by atoms with Crippen LogP contribution in [0.25, 0.3) is 0 Å². The molecule has 6 heteroatoms. The first-order chi connectivity index (χ1) is 36.0. The van der Waals surface area contributed by atoms with Crippen LogP contribution in [0.4, 0.5) is 0 Å². The highest BCUT2D eigenvalue weighted by Gasteiger charge is 2.30. The molecule has 0 amide bonds. The normalized spacial score (nSPS) is 13.9. The van der Waals surface area contributed by atoms with Crippen molar-refractivity contribution in [3.8, 4) is 34.5 Å². The van der Waals surface area contributed by atoms with Gasteiger partial charge >= 0.3 is 0 Å². The average Bonchev–Trinajstić information content (AvgIpc) is 3.32. The number of hydrogen-bond acceptors (Lipinski definition) is 6. The van der Waals surface area contributed by atoms with E-state index < -0.39 is 0 Å². The molecule has 1 aliphatic carbocycles. The summed E-state index contributed by atoms with van der Waals surface area (Å²) in [5, 5.41) is 51.0. The number of benzene rings is 6. The summed E-state index contributed by atoms with van der Waals surface area (Å²) >= 11 is 0. The minimum Gasteiger partial charge on any atom is -0.507 e. The van der Waals surface area contributed by atoms with Gasteiger partial charge in [0.15, 0.2) is 0 Å². The monoisotopic (exact) mass is 1050 g/mol. The second-order valence-corrected chi connectivity index (χ2v) is 28.6. The minimum atomic E-state index is -0.281. The minimum absolute atomic E-state index is 0.181. The number of hydrogen-bond donors (Lipinski definition) is 4. The second kappa shape index (κ2) is 21.7. The van der Waals surface area contributed by atoms with E-state index in [0.717, 1.165) is 100 Å². The Balaban J connectivity index is 1.63. The van der Waals surface area contributed by atoms with E-state index in [1.54, 1.807) is 12.2 Å². The zero-order chi connectivity index (χ0) is 57.8. The third-order valence-corrected chi connectivity index (χ3v) is 15.7. The molecule has 12 bridgehead atoms. The molecule has 0 radical (unpaired) electrons. The van der Waals surface area contributed by atoms with Gasteiger partial charge in [-0.05, 0) is 133 Å². The molecular formula is C72H92O6. The van der Waals surface area contributed by atoms with Crippen LogP contribution in [0.2, 0.25) is 0 Å².